The first-order valence-electron chi connectivity index (χ1n) is 5.37. The van der Waals surface area contributed by atoms with Gasteiger partial charge >= 0.3 is 0 Å². The third kappa shape index (κ3) is 2.50. The average Bonchev–Trinajstić information content (AvgIpc) is 2.40. The maximum atomic E-state index is 12.2. The number of fused-ring (bicyclic) bond motifs is 1. The van der Waals surface area contributed by atoms with E-state index in [0.29, 0.717) is 28.8 Å². The minimum absolute atomic E-state index is 0.0810. The summed E-state index contributed by atoms with van der Waals surface area (Å²) in [6.45, 7) is 0.693. The van der Waals surface area contributed by atoms with E-state index in [9.17, 15) is 4.79 Å². The molecular weight excluding hydrogens is 334 g/mol. The lowest BCUT2D eigenvalue weighted by Crippen LogP contribution is -2.25. The first-order valence-corrected chi connectivity index (χ1v) is 6.54. The van der Waals surface area contributed by atoms with Crippen molar-refractivity contribution >= 4 is 38.6 Å². The highest BCUT2D eigenvalue weighted by atomic mass is 79.9. The van der Waals surface area contributed by atoms with Crippen molar-refractivity contribution in [3.05, 3.63) is 37.7 Å². The molecule has 5 nitrogen and oxygen atoms in total. The van der Waals surface area contributed by atoms with Crippen LogP contribution in [0.5, 0.6) is 0 Å². The molecule has 0 atom stereocenters. The van der Waals surface area contributed by atoms with E-state index in [1.807, 2.05) is 6.07 Å². The quantitative estimate of drug-likeness (QED) is 0.803. The Balaban J connectivity index is 2.86. The van der Waals surface area contributed by atoms with Crippen LogP contribution in [0.1, 0.15) is 5.56 Å². The Bertz CT molecular complexity index is 736. The van der Waals surface area contributed by atoms with E-state index in [-0.39, 0.29) is 10.6 Å². The van der Waals surface area contributed by atoms with E-state index in [2.05, 4.69) is 20.9 Å². The molecule has 0 aromatic carbocycles. The fourth-order valence-corrected chi connectivity index (χ4v) is 2.34. The largest absolute Gasteiger partial charge is 0.383 e. The molecule has 0 saturated carbocycles. The van der Waals surface area contributed by atoms with Gasteiger partial charge in [0.25, 0.3) is 5.56 Å². The van der Waals surface area contributed by atoms with Crippen LogP contribution in [0.4, 0.5) is 0 Å². The summed E-state index contributed by atoms with van der Waals surface area (Å²) in [6, 6.07) is 5.28. The number of rotatable bonds is 3. The van der Waals surface area contributed by atoms with Crippen molar-refractivity contribution in [2.45, 2.75) is 6.54 Å². The van der Waals surface area contributed by atoms with Crippen molar-refractivity contribution in [3.63, 3.8) is 0 Å². The van der Waals surface area contributed by atoms with Gasteiger partial charge in [-0.3, -0.25) is 4.79 Å². The predicted molar refractivity (Wildman–Crippen MR) is 75.3 cm³/mol. The molecule has 2 aromatic rings. The lowest BCUT2D eigenvalue weighted by Gasteiger charge is -2.11. The summed E-state index contributed by atoms with van der Waals surface area (Å²) in [5.74, 6) is 0. The van der Waals surface area contributed by atoms with Gasteiger partial charge in [0.1, 0.15) is 21.8 Å². The van der Waals surface area contributed by atoms with Crippen LogP contribution in [0.3, 0.4) is 0 Å². The Labute approximate surface area is 122 Å². The zero-order valence-electron chi connectivity index (χ0n) is 9.98. The van der Waals surface area contributed by atoms with Crippen LogP contribution in [0.15, 0.2) is 21.5 Å². The van der Waals surface area contributed by atoms with E-state index < -0.39 is 5.56 Å². The highest BCUT2D eigenvalue weighted by Crippen LogP contribution is 2.24. The van der Waals surface area contributed by atoms with Crippen LogP contribution >= 0.6 is 27.5 Å². The van der Waals surface area contributed by atoms with Gasteiger partial charge in [-0.25, -0.2) is 4.98 Å². The highest BCUT2D eigenvalue weighted by Gasteiger charge is 2.16. The molecule has 0 aliphatic carbocycles. The molecule has 98 valence electrons. The number of halogens is 2. The van der Waals surface area contributed by atoms with E-state index in [1.165, 1.54) is 4.57 Å². The maximum absolute atomic E-state index is 12.2. The Morgan fingerprint density at radius 3 is 2.95 bits per heavy atom. The summed E-state index contributed by atoms with van der Waals surface area (Å²) in [5, 5.41) is 9.14. The number of ether oxygens (including phenoxy) is 1. The van der Waals surface area contributed by atoms with Gasteiger partial charge in [-0.1, -0.05) is 11.6 Å². The van der Waals surface area contributed by atoms with Crippen LogP contribution in [0, 0.1) is 11.3 Å². The molecule has 0 radical (unpaired) electrons. The highest BCUT2D eigenvalue weighted by molar-refractivity contribution is 9.10. The molecule has 0 aliphatic heterocycles. The standard InChI is InChI=1S/C12H9BrClN3O2/c1-19-5-4-17-8-2-3-9(13)16-11(8)10(14)7(6-15)12(17)18/h2-3H,4-5H2,1H3. The molecule has 0 saturated heterocycles. The van der Waals surface area contributed by atoms with Crippen molar-refractivity contribution < 1.29 is 4.74 Å². The Morgan fingerprint density at radius 1 is 1.58 bits per heavy atom. The molecule has 7 heteroatoms. The Morgan fingerprint density at radius 2 is 2.32 bits per heavy atom. The van der Waals surface area contributed by atoms with Crippen LogP contribution in [-0.4, -0.2) is 23.3 Å². The summed E-state index contributed by atoms with van der Waals surface area (Å²) in [6.07, 6.45) is 0. The number of pyridine rings is 2. The zero-order chi connectivity index (χ0) is 14.0. The van der Waals surface area contributed by atoms with E-state index in [0.717, 1.165) is 0 Å². The fourth-order valence-electron chi connectivity index (χ4n) is 1.77. The average molecular weight is 343 g/mol. The van der Waals surface area contributed by atoms with Gasteiger partial charge in [0.15, 0.2) is 0 Å². The predicted octanol–water partition coefficient (Wildman–Crippen LogP) is 2.33. The topological polar surface area (TPSA) is 67.9 Å². The molecule has 2 aromatic heterocycles. The van der Waals surface area contributed by atoms with Crippen molar-refractivity contribution in [2.24, 2.45) is 0 Å². The van der Waals surface area contributed by atoms with Crippen molar-refractivity contribution in [2.75, 3.05) is 13.7 Å². The summed E-state index contributed by atoms with van der Waals surface area (Å²) >= 11 is 9.32. The summed E-state index contributed by atoms with van der Waals surface area (Å²) in [4.78, 5) is 16.4. The molecule has 0 fully saturated rings. The first-order chi connectivity index (χ1) is 9.10. The monoisotopic (exact) mass is 341 g/mol. The van der Waals surface area contributed by atoms with Crippen molar-refractivity contribution in [1.82, 2.24) is 9.55 Å². The number of hydrogen-bond donors (Lipinski definition) is 0. The number of hydrogen-bond acceptors (Lipinski definition) is 4. The SMILES string of the molecule is COCCn1c(=O)c(C#N)c(Cl)c2nc(Br)ccc21. The van der Waals surface area contributed by atoms with Crippen molar-refractivity contribution in [1.29, 1.82) is 5.26 Å². The minimum Gasteiger partial charge on any atom is -0.383 e. The first kappa shape index (κ1) is 14.0. The molecule has 0 unspecified atom stereocenters. The maximum Gasteiger partial charge on any atom is 0.270 e. The Kier molecular flexibility index (Phi) is 4.20. The van der Waals surface area contributed by atoms with Crippen LogP contribution in [0.2, 0.25) is 5.02 Å². The fraction of sp³-hybridized carbons (Fsp3) is 0.250. The van der Waals surface area contributed by atoms with Gasteiger partial charge in [-0.2, -0.15) is 5.26 Å². The van der Waals surface area contributed by atoms with Gasteiger partial charge in [-0.15, -0.1) is 0 Å². The van der Waals surface area contributed by atoms with E-state index >= 15 is 0 Å². The second-order valence-electron chi connectivity index (χ2n) is 3.75. The van der Waals surface area contributed by atoms with Gasteiger partial charge in [0.2, 0.25) is 0 Å². The molecule has 0 aliphatic rings. The second kappa shape index (κ2) is 5.70. The summed E-state index contributed by atoms with van der Waals surface area (Å²) < 4.78 is 7.00. The number of aromatic nitrogens is 2. The number of nitriles is 1. The Hall–Kier alpha value is -1.42. The summed E-state index contributed by atoms with van der Waals surface area (Å²) in [7, 11) is 1.54. The molecule has 2 rings (SSSR count). The lowest BCUT2D eigenvalue weighted by atomic mass is 10.2. The third-order valence-corrected chi connectivity index (χ3v) is 3.46. The van der Waals surface area contributed by atoms with Crippen LogP contribution in [0.25, 0.3) is 11.0 Å². The van der Waals surface area contributed by atoms with Gasteiger partial charge < -0.3 is 9.30 Å². The minimum atomic E-state index is -0.429. The molecule has 2 heterocycles. The third-order valence-electron chi connectivity index (χ3n) is 2.65. The second-order valence-corrected chi connectivity index (χ2v) is 4.94. The van der Waals surface area contributed by atoms with E-state index in [1.54, 1.807) is 19.2 Å². The number of methoxy groups -OCH3 is 1. The van der Waals surface area contributed by atoms with E-state index in [4.69, 9.17) is 21.6 Å². The molecule has 0 N–H and O–H groups in total. The van der Waals surface area contributed by atoms with Crippen LogP contribution < -0.4 is 5.56 Å². The molecule has 0 spiro atoms. The molecule has 19 heavy (non-hydrogen) atoms. The lowest BCUT2D eigenvalue weighted by molar-refractivity contribution is 0.187. The van der Waals surface area contributed by atoms with Gasteiger partial charge in [-0.05, 0) is 28.1 Å². The molecule has 0 amide bonds. The summed E-state index contributed by atoms with van der Waals surface area (Å²) in [5.41, 5.74) is 0.467. The molecule has 0 bridgehead atoms. The van der Waals surface area contributed by atoms with Crippen molar-refractivity contribution in [3.8, 4) is 6.07 Å². The zero-order valence-corrected chi connectivity index (χ0v) is 12.3. The number of nitrogens with zero attached hydrogens (tertiary/aromatic N) is 3. The van der Waals surface area contributed by atoms with Crippen LogP contribution in [-0.2, 0) is 11.3 Å². The van der Waals surface area contributed by atoms with Gasteiger partial charge in [0.05, 0.1) is 17.1 Å². The molecular formula is C12H9BrClN3O2. The van der Waals surface area contributed by atoms with Gasteiger partial charge in [0, 0.05) is 13.7 Å². The normalized spacial score (nSPS) is 10.6. The smallest absolute Gasteiger partial charge is 0.270 e.